The third-order valence-electron chi connectivity index (χ3n) is 2.91. The second kappa shape index (κ2) is 5.64. The summed E-state index contributed by atoms with van der Waals surface area (Å²) in [6.07, 6.45) is 3.01. The molecule has 2 N–H and O–H groups in total. The van der Waals surface area contributed by atoms with Crippen LogP contribution in [0.25, 0.3) is 10.8 Å². The molecule has 1 aromatic heterocycles. The van der Waals surface area contributed by atoms with E-state index in [1.54, 1.807) is 37.5 Å². The summed E-state index contributed by atoms with van der Waals surface area (Å²) in [5.74, 6) is 0. The van der Waals surface area contributed by atoms with E-state index in [2.05, 4.69) is 9.71 Å². The Hall–Kier alpha value is -1.50. The van der Waals surface area contributed by atoms with E-state index in [1.807, 2.05) is 6.07 Å². The summed E-state index contributed by atoms with van der Waals surface area (Å²) in [6.45, 7) is 1.81. The first-order valence-electron chi connectivity index (χ1n) is 6.05. The average molecular weight is 280 g/mol. The zero-order chi connectivity index (χ0) is 13.9. The van der Waals surface area contributed by atoms with E-state index in [0.717, 1.165) is 5.39 Å². The number of hydrogen-bond donors (Lipinski definition) is 2. The van der Waals surface area contributed by atoms with Gasteiger partial charge in [0.25, 0.3) is 0 Å². The van der Waals surface area contributed by atoms with Gasteiger partial charge in [-0.05, 0) is 18.6 Å². The minimum absolute atomic E-state index is 0.0142. The van der Waals surface area contributed by atoms with Gasteiger partial charge in [0.1, 0.15) is 0 Å². The minimum Gasteiger partial charge on any atom is -0.392 e. The zero-order valence-electron chi connectivity index (χ0n) is 10.6. The van der Waals surface area contributed by atoms with Crippen LogP contribution in [0.3, 0.4) is 0 Å². The van der Waals surface area contributed by atoms with Gasteiger partial charge in [-0.3, -0.25) is 4.98 Å². The lowest BCUT2D eigenvalue weighted by molar-refractivity contribution is 0.174. The molecule has 1 unspecified atom stereocenters. The number of hydrogen-bond acceptors (Lipinski definition) is 4. The number of nitrogens with one attached hydrogen (secondary N) is 1. The molecule has 1 atom stereocenters. The summed E-state index contributed by atoms with van der Waals surface area (Å²) in [6, 6.07) is 6.69. The molecule has 2 aromatic rings. The third kappa shape index (κ3) is 3.09. The molecule has 0 aliphatic rings. The molecule has 2 rings (SSSR count). The maximum absolute atomic E-state index is 12.2. The maximum Gasteiger partial charge on any atom is 0.241 e. The molecule has 0 bridgehead atoms. The standard InChI is InChI=1S/C13H16N2O3S/c1-2-11(16)9-15-19(17,18)13-5-3-4-10-8-14-7-6-12(10)13/h3-8,11,15-16H,2,9H2,1H3. The van der Waals surface area contributed by atoms with Gasteiger partial charge >= 0.3 is 0 Å². The number of fused-ring (bicyclic) bond motifs is 1. The number of benzene rings is 1. The second-order valence-corrected chi connectivity index (χ2v) is 6.00. The molecule has 0 spiro atoms. The van der Waals surface area contributed by atoms with Crippen LogP contribution >= 0.6 is 0 Å². The first-order chi connectivity index (χ1) is 9.04. The molecule has 0 amide bonds. The monoisotopic (exact) mass is 280 g/mol. The maximum atomic E-state index is 12.2. The van der Waals surface area contributed by atoms with Crippen molar-refractivity contribution in [3.63, 3.8) is 0 Å². The van der Waals surface area contributed by atoms with E-state index in [0.29, 0.717) is 11.8 Å². The zero-order valence-corrected chi connectivity index (χ0v) is 11.4. The van der Waals surface area contributed by atoms with Crippen molar-refractivity contribution >= 4 is 20.8 Å². The van der Waals surface area contributed by atoms with Crippen LogP contribution in [0, 0.1) is 0 Å². The second-order valence-electron chi connectivity index (χ2n) is 4.27. The van der Waals surface area contributed by atoms with Gasteiger partial charge in [0.05, 0.1) is 11.0 Å². The Labute approximate surface area is 112 Å². The first-order valence-corrected chi connectivity index (χ1v) is 7.53. The average Bonchev–Trinajstić information content (AvgIpc) is 2.44. The van der Waals surface area contributed by atoms with E-state index in [9.17, 15) is 13.5 Å². The predicted octanol–water partition coefficient (Wildman–Crippen LogP) is 1.28. The summed E-state index contributed by atoms with van der Waals surface area (Å²) < 4.78 is 26.9. The SMILES string of the molecule is CCC(O)CNS(=O)(=O)c1cccc2cnccc12. The van der Waals surface area contributed by atoms with E-state index in [1.165, 1.54) is 0 Å². The van der Waals surface area contributed by atoms with Crippen molar-refractivity contribution < 1.29 is 13.5 Å². The molecular formula is C13H16N2O3S. The minimum atomic E-state index is -3.63. The Morgan fingerprint density at radius 2 is 2.16 bits per heavy atom. The van der Waals surface area contributed by atoms with Crippen LogP contribution < -0.4 is 4.72 Å². The van der Waals surface area contributed by atoms with E-state index < -0.39 is 16.1 Å². The van der Waals surface area contributed by atoms with Crippen LogP contribution in [0.1, 0.15) is 13.3 Å². The molecule has 0 aliphatic carbocycles. The summed E-state index contributed by atoms with van der Waals surface area (Å²) in [7, 11) is -3.63. The van der Waals surface area contributed by atoms with Crippen molar-refractivity contribution in [2.45, 2.75) is 24.3 Å². The van der Waals surface area contributed by atoms with E-state index >= 15 is 0 Å². The fourth-order valence-corrected chi connectivity index (χ4v) is 3.06. The first kappa shape index (κ1) is 13.9. The van der Waals surface area contributed by atoms with Gasteiger partial charge in [-0.1, -0.05) is 19.1 Å². The lowest BCUT2D eigenvalue weighted by atomic mass is 10.2. The molecule has 1 heterocycles. The van der Waals surface area contributed by atoms with Crippen LogP contribution in [0.2, 0.25) is 0 Å². The number of rotatable bonds is 5. The highest BCUT2D eigenvalue weighted by molar-refractivity contribution is 7.89. The van der Waals surface area contributed by atoms with Gasteiger partial charge in [-0.2, -0.15) is 0 Å². The Morgan fingerprint density at radius 1 is 1.37 bits per heavy atom. The molecule has 0 fully saturated rings. The number of aliphatic hydroxyl groups is 1. The largest absolute Gasteiger partial charge is 0.392 e. The van der Waals surface area contributed by atoms with Crippen LogP contribution in [-0.4, -0.2) is 31.2 Å². The van der Waals surface area contributed by atoms with Gasteiger partial charge < -0.3 is 5.11 Å². The van der Waals surface area contributed by atoms with Gasteiger partial charge in [-0.25, -0.2) is 13.1 Å². The van der Waals surface area contributed by atoms with Gasteiger partial charge in [0, 0.05) is 29.7 Å². The lowest BCUT2D eigenvalue weighted by Gasteiger charge is -2.11. The highest BCUT2D eigenvalue weighted by atomic mass is 32.2. The Kier molecular flexibility index (Phi) is 4.14. The summed E-state index contributed by atoms with van der Waals surface area (Å²) in [5, 5.41) is 10.8. The number of aromatic nitrogens is 1. The van der Waals surface area contributed by atoms with Gasteiger partial charge in [-0.15, -0.1) is 0 Å². The molecule has 0 saturated heterocycles. The van der Waals surface area contributed by atoms with Crippen LogP contribution in [0.4, 0.5) is 0 Å². The lowest BCUT2D eigenvalue weighted by Crippen LogP contribution is -2.31. The third-order valence-corrected chi connectivity index (χ3v) is 4.39. The quantitative estimate of drug-likeness (QED) is 0.865. The van der Waals surface area contributed by atoms with Gasteiger partial charge in [0.15, 0.2) is 0 Å². The molecular weight excluding hydrogens is 264 g/mol. The van der Waals surface area contributed by atoms with Gasteiger partial charge in [0.2, 0.25) is 10.0 Å². The van der Waals surface area contributed by atoms with E-state index in [-0.39, 0.29) is 11.4 Å². The van der Waals surface area contributed by atoms with Crippen LogP contribution in [0.15, 0.2) is 41.6 Å². The molecule has 0 saturated carbocycles. The number of aliphatic hydroxyl groups excluding tert-OH is 1. The Morgan fingerprint density at radius 3 is 2.89 bits per heavy atom. The topological polar surface area (TPSA) is 79.3 Å². The molecule has 0 radical (unpaired) electrons. The van der Waals surface area contributed by atoms with Crippen molar-refractivity contribution in [3.05, 3.63) is 36.7 Å². The summed E-state index contributed by atoms with van der Waals surface area (Å²) >= 11 is 0. The fourth-order valence-electron chi connectivity index (χ4n) is 1.76. The molecule has 0 aliphatic heterocycles. The highest BCUT2D eigenvalue weighted by Gasteiger charge is 2.17. The normalized spacial score (nSPS) is 13.6. The molecule has 6 heteroatoms. The van der Waals surface area contributed by atoms with Crippen molar-refractivity contribution in [2.75, 3.05) is 6.54 Å². The highest BCUT2D eigenvalue weighted by Crippen LogP contribution is 2.21. The molecule has 5 nitrogen and oxygen atoms in total. The Balaban J connectivity index is 2.38. The summed E-state index contributed by atoms with van der Waals surface area (Å²) in [4.78, 5) is 4.17. The fraction of sp³-hybridized carbons (Fsp3) is 0.308. The van der Waals surface area contributed by atoms with Crippen molar-refractivity contribution in [1.82, 2.24) is 9.71 Å². The molecule has 19 heavy (non-hydrogen) atoms. The molecule has 102 valence electrons. The molecule has 1 aromatic carbocycles. The smallest absolute Gasteiger partial charge is 0.241 e. The van der Waals surface area contributed by atoms with Crippen molar-refractivity contribution in [1.29, 1.82) is 0 Å². The number of pyridine rings is 1. The Bertz CT molecular complexity index is 665. The number of sulfonamides is 1. The number of nitrogens with zero attached hydrogens (tertiary/aromatic N) is 1. The predicted molar refractivity (Wildman–Crippen MR) is 73.2 cm³/mol. The van der Waals surface area contributed by atoms with Crippen molar-refractivity contribution in [2.24, 2.45) is 0 Å². The van der Waals surface area contributed by atoms with Crippen molar-refractivity contribution in [3.8, 4) is 0 Å². The van der Waals surface area contributed by atoms with Crippen LogP contribution in [-0.2, 0) is 10.0 Å². The van der Waals surface area contributed by atoms with E-state index in [4.69, 9.17) is 0 Å². The van der Waals surface area contributed by atoms with Crippen LogP contribution in [0.5, 0.6) is 0 Å². The summed E-state index contributed by atoms with van der Waals surface area (Å²) in [5.41, 5.74) is 0.